The van der Waals surface area contributed by atoms with Crippen molar-refractivity contribution in [2.45, 2.75) is 12.5 Å². The van der Waals surface area contributed by atoms with Crippen molar-refractivity contribution >= 4 is 28.4 Å². The van der Waals surface area contributed by atoms with Gasteiger partial charge in [0.1, 0.15) is 22.8 Å². The number of nitrogens with one attached hydrogen (secondary N) is 1. The number of carbonyl (C=O) groups excluding carboxylic acids is 1. The first-order valence-electron chi connectivity index (χ1n) is 10.6. The number of para-hydroxylation sites is 1. The number of aromatic hydroxyl groups is 1. The highest BCUT2D eigenvalue weighted by molar-refractivity contribution is 6.35. The molecule has 2 N–H and O–H groups in total. The van der Waals surface area contributed by atoms with E-state index in [4.69, 9.17) is 21.1 Å². The van der Waals surface area contributed by atoms with Crippen molar-refractivity contribution in [1.82, 2.24) is 10.3 Å². The molecule has 1 amide bonds. The summed E-state index contributed by atoms with van der Waals surface area (Å²) in [5.41, 5.74) is 2.69. The van der Waals surface area contributed by atoms with E-state index in [9.17, 15) is 9.90 Å². The number of halogens is 1. The second-order valence-corrected chi connectivity index (χ2v) is 8.17. The Morgan fingerprint density at radius 1 is 1.15 bits per heavy atom. The summed E-state index contributed by atoms with van der Waals surface area (Å²) >= 11 is 6.53. The fourth-order valence-electron chi connectivity index (χ4n) is 4.02. The van der Waals surface area contributed by atoms with Gasteiger partial charge in [0, 0.05) is 23.6 Å². The quantitative estimate of drug-likeness (QED) is 0.431. The van der Waals surface area contributed by atoms with E-state index in [0.29, 0.717) is 33.8 Å². The van der Waals surface area contributed by atoms with Crippen LogP contribution < -0.4 is 14.8 Å². The Morgan fingerprint density at radius 3 is 2.85 bits per heavy atom. The largest absolute Gasteiger partial charge is 0.505 e. The van der Waals surface area contributed by atoms with Gasteiger partial charge >= 0.3 is 0 Å². The molecule has 0 saturated carbocycles. The molecular formula is C26H21ClN2O4. The number of hydrogen-bond acceptors (Lipinski definition) is 5. The number of aromatic nitrogens is 1. The Morgan fingerprint density at radius 2 is 2.00 bits per heavy atom. The SMILES string of the molecule is O=C(COc1ccccc1)N[C@@H](c1ccc2c(c1)CCO2)c1cc(Cl)c2cccnc2c1O. The summed E-state index contributed by atoms with van der Waals surface area (Å²) in [6.45, 7) is 0.451. The van der Waals surface area contributed by atoms with Crippen LogP contribution in [0.25, 0.3) is 10.9 Å². The highest BCUT2D eigenvalue weighted by atomic mass is 35.5. The molecule has 0 aliphatic carbocycles. The fourth-order valence-corrected chi connectivity index (χ4v) is 4.29. The number of benzene rings is 3. The Kier molecular flexibility index (Phi) is 5.75. The maximum Gasteiger partial charge on any atom is 0.258 e. The number of hydrogen-bond donors (Lipinski definition) is 2. The molecule has 6 nitrogen and oxygen atoms in total. The van der Waals surface area contributed by atoms with E-state index in [2.05, 4.69) is 10.3 Å². The predicted molar refractivity (Wildman–Crippen MR) is 126 cm³/mol. The van der Waals surface area contributed by atoms with Crippen molar-refractivity contribution in [3.63, 3.8) is 0 Å². The zero-order chi connectivity index (χ0) is 22.8. The van der Waals surface area contributed by atoms with E-state index in [0.717, 1.165) is 23.3 Å². The first-order chi connectivity index (χ1) is 16.1. The molecule has 0 saturated heterocycles. The summed E-state index contributed by atoms with van der Waals surface area (Å²) in [5.74, 6) is 1.07. The minimum atomic E-state index is -0.660. The van der Waals surface area contributed by atoms with E-state index in [-0.39, 0.29) is 18.3 Å². The monoisotopic (exact) mass is 460 g/mol. The minimum absolute atomic E-state index is 0.0268. The Bertz CT molecular complexity index is 1330. The van der Waals surface area contributed by atoms with Gasteiger partial charge in [-0.15, -0.1) is 0 Å². The lowest BCUT2D eigenvalue weighted by Gasteiger charge is -2.22. The van der Waals surface area contributed by atoms with E-state index in [1.165, 1.54) is 0 Å². The summed E-state index contributed by atoms with van der Waals surface area (Å²) in [5, 5.41) is 15.2. The van der Waals surface area contributed by atoms with E-state index in [1.807, 2.05) is 36.4 Å². The number of pyridine rings is 1. The van der Waals surface area contributed by atoms with Crippen LogP contribution in [0.2, 0.25) is 5.02 Å². The molecule has 4 aromatic rings. The van der Waals surface area contributed by atoms with Crippen LogP contribution in [0.15, 0.2) is 72.9 Å². The molecule has 1 aliphatic heterocycles. The van der Waals surface area contributed by atoms with Gasteiger partial charge in [-0.05, 0) is 53.6 Å². The van der Waals surface area contributed by atoms with Crippen molar-refractivity contribution in [3.8, 4) is 17.2 Å². The van der Waals surface area contributed by atoms with Crippen LogP contribution in [-0.2, 0) is 11.2 Å². The molecule has 33 heavy (non-hydrogen) atoms. The number of fused-ring (bicyclic) bond motifs is 2. The lowest BCUT2D eigenvalue weighted by molar-refractivity contribution is -0.123. The Hall–Kier alpha value is -3.77. The molecule has 0 spiro atoms. The van der Waals surface area contributed by atoms with Crippen LogP contribution in [0.4, 0.5) is 0 Å². The standard InChI is InChI=1S/C26H21ClN2O4/c27-21-14-20(26(31)25-19(21)7-4-11-28-25)24(17-8-9-22-16(13-17)10-12-32-22)29-23(30)15-33-18-5-2-1-3-6-18/h1-9,11,13-14,24,31H,10,12,15H2,(H,29,30)/t24-/m0/s1. The second kappa shape index (κ2) is 9.00. The summed E-state index contributed by atoms with van der Waals surface area (Å²) in [6, 6.07) is 19.4. The van der Waals surface area contributed by atoms with Crippen LogP contribution in [0.3, 0.4) is 0 Å². The first kappa shape index (κ1) is 21.1. The zero-order valence-electron chi connectivity index (χ0n) is 17.6. The second-order valence-electron chi connectivity index (χ2n) is 7.76. The van der Waals surface area contributed by atoms with Crippen LogP contribution in [0.5, 0.6) is 17.2 Å². The maximum atomic E-state index is 12.9. The van der Waals surface area contributed by atoms with E-state index >= 15 is 0 Å². The van der Waals surface area contributed by atoms with Gasteiger partial charge < -0.3 is 19.9 Å². The summed E-state index contributed by atoms with van der Waals surface area (Å²) < 4.78 is 11.2. The molecule has 0 bridgehead atoms. The first-order valence-corrected chi connectivity index (χ1v) is 11.0. The van der Waals surface area contributed by atoms with Gasteiger partial charge in [0.15, 0.2) is 6.61 Å². The molecule has 7 heteroatoms. The molecule has 0 unspecified atom stereocenters. The van der Waals surface area contributed by atoms with Crippen molar-refractivity contribution in [1.29, 1.82) is 0 Å². The molecular weight excluding hydrogens is 440 g/mol. The van der Waals surface area contributed by atoms with Gasteiger partial charge in [-0.3, -0.25) is 9.78 Å². The summed E-state index contributed by atoms with van der Waals surface area (Å²) in [4.78, 5) is 17.2. The van der Waals surface area contributed by atoms with Crippen molar-refractivity contribution in [3.05, 3.63) is 94.6 Å². The topological polar surface area (TPSA) is 80.7 Å². The van der Waals surface area contributed by atoms with E-state index < -0.39 is 6.04 Å². The average molecular weight is 461 g/mol. The van der Waals surface area contributed by atoms with Crippen molar-refractivity contribution in [2.24, 2.45) is 0 Å². The molecule has 0 fully saturated rings. The third-order valence-electron chi connectivity index (χ3n) is 5.62. The predicted octanol–water partition coefficient (Wildman–Crippen LogP) is 4.81. The molecule has 2 heterocycles. The van der Waals surface area contributed by atoms with Crippen molar-refractivity contribution in [2.75, 3.05) is 13.2 Å². The number of phenolic OH excluding ortho intramolecular Hbond substituents is 1. The van der Waals surface area contributed by atoms with Gasteiger partial charge in [-0.2, -0.15) is 0 Å². The molecule has 3 aromatic carbocycles. The molecule has 1 aliphatic rings. The molecule has 1 atom stereocenters. The van der Waals surface area contributed by atoms with Gasteiger partial charge in [-0.1, -0.05) is 35.9 Å². The highest BCUT2D eigenvalue weighted by Crippen LogP contribution is 2.39. The number of rotatable bonds is 6. The normalized spacial score (nSPS) is 13.2. The number of phenols is 1. The maximum absolute atomic E-state index is 12.9. The third kappa shape index (κ3) is 4.30. The summed E-state index contributed by atoms with van der Waals surface area (Å²) in [7, 11) is 0. The molecule has 166 valence electrons. The molecule has 1 aromatic heterocycles. The minimum Gasteiger partial charge on any atom is -0.505 e. The fraction of sp³-hybridized carbons (Fsp3) is 0.154. The van der Waals surface area contributed by atoms with E-state index in [1.54, 1.807) is 36.5 Å². The van der Waals surface area contributed by atoms with Gasteiger partial charge in [0.25, 0.3) is 5.91 Å². The van der Waals surface area contributed by atoms with Crippen LogP contribution >= 0.6 is 11.6 Å². The number of carbonyl (C=O) groups is 1. The third-order valence-corrected chi connectivity index (χ3v) is 5.93. The molecule has 0 radical (unpaired) electrons. The van der Waals surface area contributed by atoms with Crippen molar-refractivity contribution < 1.29 is 19.4 Å². The number of amides is 1. The molecule has 5 rings (SSSR count). The zero-order valence-corrected chi connectivity index (χ0v) is 18.4. The lowest BCUT2D eigenvalue weighted by Crippen LogP contribution is -2.33. The lowest BCUT2D eigenvalue weighted by atomic mass is 9.94. The van der Waals surface area contributed by atoms with Gasteiger partial charge in [-0.25, -0.2) is 0 Å². The summed E-state index contributed by atoms with van der Waals surface area (Å²) in [6.07, 6.45) is 2.38. The number of ether oxygens (including phenoxy) is 2. The Balaban J connectivity index is 1.51. The number of nitrogens with zero attached hydrogens (tertiary/aromatic N) is 1. The van der Waals surface area contributed by atoms with Crippen LogP contribution in [0.1, 0.15) is 22.7 Å². The highest BCUT2D eigenvalue weighted by Gasteiger charge is 2.25. The smallest absolute Gasteiger partial charge is 0.258 e. The van der Waals surface area contributed by atoms with Gasteiger partial charge in [0.2, 0.25) is 0 Å². The van der Waals surface area contributed by atoms with Crippen LogP contribution in [-0.4, -0.2) is 29.2 Å². The van der Waals surface area contributed by atoms with Crippen LogP contribution in [0, 0.1) is 0 Å². The average Bonchev–Trinajstić information content (AvgIpc) is 3.32. The van der Waals surface area contributed by atoms with Gasteiger partial charge in [0.05, 0.1) is 17.7 Å². The Labute approximate surface area is 195 Å².